The molecular weight excluding hydrogens is 402 g/mol. The summed E-state index contributed by atoms with van der Waals surface area (Å²) in [4.78, 5) is 0. The lowest BCUT2D eigenvalue weighted by Gasteiger charge is -2.13. The second kappa shape index (κ2) is 7.56. The molecule has 0 spiro atoms. The number of anilines is 1. The lowest BCUT2D eigenvalue weighted by Crippen LogP contribution is -2.09. The van der Waals surface area contributed by atoms with Crippen molar-refractivity contribution in [2.24, 2.45) is 0 Å². The molecule has 0 radical (unpaired) electrons. The number of ether oxygens (including phenoxy) is 1. The normalized spacial score (nSPS) is 10.4. The second-order valence-electron chi connectivity index (χ2n) is 4.14. The summed E-state index contributed by atoms with van der Waals surface area (Å²) in [7, 11) is 0. The van der Waals surface area contributed by atoms with E-state index in [9.17, 15) is 0 Å². The van der Waals surface area contributed by atoms with E-state index in [0.717, 1.165) is 20.3 Å². The number of nitrogens with zero attached hydrogens (tertiary/aromatic N) is 4. The Labute approximate surface area is 139 Å². The molecule has 1 N–H and O–H groups in total. The highest BCUT2D eigenvalue weighted by Gasteiger charge is 2.11. The monoisotopic (exact) mass is 415 g/mol. The topological polar surface area (TPSA) is 64.9 Å². The average molecular weight is 417 g/mol. The average Bonchev–Trinajstić information content (AvgIpc) is 2.88. The van der Waals surface area contributed by atoms with Crippen LogP contribution in [-0.2, 0) is 13.1 Å². The molecule has 2 aromatic rings. The van der Waals surface area contributed by atoms with E-state index in [1.54, 1.807) is 10.8 Å². The van der Waals surface area contributed by atoms with Gasteiger partial charge in [-0.15, -0.1) is 6.58 Å². The molecule has 0 aliphatic rings. The first-order valence-corrected chi connectivity index (χ1v) is 7.96. The number of rotatable bonds is 7. The Balaban J connectivity index is 2.19. The molecule has 1 aromatic heterocycles. The highest BCUT2D eigenvalue weighted by atomic mass is 79.9. The maximum absolute atomic E-state index is 5.69. The molecule has 1 heterocycles. The van der Waals surface area contributed by atoms with Gasteiger partial charge >= 0.3 is 0 Å². The summed E-state index contributed by atoms with van der Waals surface area (Å²) in [6.07, 6.45) is 1.74. The Morgan fingerprint density at radius 3 is 2.95 bits per heavy atom. The van der Waals surface area contributed by atoms with E-state index in [0.29, 0.717) is 25.6 Å². The van der Waals surface area contributed by atoms with Gasteiger partial charge in [0.25, 0.3) is 0 Å². The van der Waals surface area contributed by atoms with Crippen LogP contribution >= 0.6 is 31.9 Å². The number of allylic oxidation sites excluding steroid dienone is 1. The molecule has 1 aromatic carbocycles. The molecule has 0 amide bonds. The van der Waals surface area contributed by atoms with Crippen molar-refractivity contribution >= 4 is 37.8 Å². The molecular formula is C13H15Br2N5O. The third-order valence-corrected chi connectivity index (χ3v) is 3.69. The lowest BCUT2D eigenvalue weighted by atomic mass is 10.2. The highest BCUT2D eigenvalue weighted by Crippen LogP contribution is 2.33. The molecule has 6 nitrogen and oxygen atoms in total. The lowest BCUT2D eigenvalue weighted by molar-refractivity contribution is 0.334. The predicted molar refractivity (Wildman–Crippen MR) is 88.4 cm³/mol. The van der Waals surface area contributed by atoms with E-state index in [2.05, 4.69) is 59.3 Å². The molecule has 0 atom stereocenters. The molecule has 21 heavy (non-hydrogen) atoms. The quantitative estimate of drug-likeness (QED) is 0.700. The van der Waals surface area contributed by atoms with Crippen LogP contribution in [0.5, 0.6) is 5.75 Å². The van der Waals surface area contributed by atoms with Gasteiger partial charge in [-0.05, 0) is 45.4 Å². The Hall–Kier alpha value is -1.41. The Bertz CT molecular complexity index is 629. The zero-order valence-electron chi connectivity index (χ0n) is 11.5. The fraction of sp³-hybridized carbons (Fsp3) is 0.308. The highest BCUT2D eigenvalue weighted by molar-refractivity contribution is 9.11. The smallest absolute Gasteiger partial charge is 0.243 e. The minimum atomic E-state index is 0.547. The first-order chi connectivity index (χ1) is 10.2. The fourth-order valence-electron chi connectivity index (χ4n) is 1.80. The van der Waals surface area contributed by atoms with Crippen LogP contribution in [0.1, 0.15) is 12.5 Å². The molecule has 2 rings (SSSR count). The van der Waals surface area contributed by atoms with Crippen molar-refractivity contribution in [3.8, 4) is 5.75 Å². The molecule has 0 saturated carbocycles. The Morgan fingerprint density at radius 1 is 1.43 bits per heavy atom. The second-order valence-corrected chi connectivity index (χ2v) is 5.91. The van der Waals surface area contributed by atoms with Gasteiger partial charge in [0.15, 0.2) is 0 Å². The van der Waals surface area contributed by atoms with Crippen molar-refractivity contribution in [2.45, 2.75) is 20.0 Å². The summed E-state index contributed by atoms with van der Waals surface area (Å²) < 4.78 is 9.20. The van der Waals surface area contributed by atoms with Crippen LogP contribution in [0.15, 0.2) is 33.7 Å². The van der Waals surface area contributed by atoms with E-state index < -0.39 is 0 Å². The SMILES string of the molecule is C=CCn1nnnc1NCc1cc(Br)cc(Br)c1OCC. The molecule has 0 saturated heterocycles. The molecule has 0 fully saturated rings. The van der Waals surface area contributed by atoms with Gasteiger partial charge in [0.05, 0.1) is 17.6 Å². The van der Waals surface area contributed by atoms with E-state index in [1.165, 1.54) is 0 Å². The van der Waals surface area contributed by atoms with Crippen molar-refractivity contribution < 1.29 is 4.74 Å². The van der Waals surface area contributed by atoms with Crippen LogP contribution in [-0.4, -0.2) is 26.8 Å². The van der Waals surface area contributed by atoms with Crippen molar-refractivity contribution in [1.29, 1.82) is 0 Å². The van der Waals surface area contributed by atoms with Crippen LogP contribution in [0.2, 0.25) is 0 Å². The van der Waals surface area contributed by atoms with Gasteiger partial charge in [0.2, 0.25) is 5.95 Å². The maximum atomic E-state index is 5.69. The molecule has 8 heteroatoms. The molecule has 0 bridgehead atoms. The Kier molecular flexibility index (Phi) is 5.75. The number of nitrogens with one attached hydrogen (secondary N) is 1. The number of halogens is 2. The molecule has 0 unspecified atom stereocenters. The van der Waals surface area contributed by atoms with Crippen molar-refractivity contribution in [2.75, 3.05) is 11.9 Å². The minimum Gasteiger partial charge on any atom is -0.492 e. The molecule has 0 aliphatic heterocycles. The maximum Gasteiger partial charge on any atom is 0.243 e. The van der Waals surface area contributed by atoms with Crippen LogP contribution in [0.4, 0.5) is 5.95 Å². The zero-order valence-corrected chi connectivity index (χ0v) is 14.7. The Morgan fingerprint density at radius 2 is 2.24 bits per heavy atom. The van der Waals surface area contributed by atoms with Crippen LogP contribution in [0.25, 0.3) is 0 Å². The summed E-state index contributed by atoms with van der Waals surface area (Å²) in [6.45, 7) is 7.33. The largest absolute Gasteiger partial charge is 0.492 e. The number of hydrogen-bond donors (Lipinski definition) is 1. The van der Waals surface area contributed by atoms with Crippen molar-refractivity contribution in [3.63, 3.8) is 0 Å². The number of tetrazole rings is 1. The summed E-state index contributed by atoms with van der Waals surface area (Å²) in [6, 6.07) is 3.96. The van der Waals surface area contributed by atoms with Gasteiger partial charge in [-0.3, -0.25) is 0 Å². The van der Waals surface area contributed by atoms with Crippen LogP contribution in [0, 0.1) is 0 Å². The first-order valence-electron chi connectivity index (χ1n) is 6.37. The molecule has 0 aliphatic carbocycles. The predicted octanol–water partition coefficient (Wildman–Crippen LogP) is 3.39. The number of aromatic nitrogens is 4. The van der Waals surface area contributed by atoms with E-state index >= 15 is 0 Å². The first kappa shape index (κ1) is 16.0. The summed E-state index contributed by atoms with van der Waals surface area (Å²) in [5.41, 5.74) is 1.01. The van der Waals surface area contributed by atoms with Gasteiger partial charge in [0, 0.05) is 16.6 Å². The minimum absolute atomic E-state index is 0.547. The molecule has 112 valence electrons. The van der Waals surface area contributed by atoms with Crippen molar-refractivity contribution in [3.05, 3.63) is 39.3 Å². The fourth-order valence-corrected chi connectivity index (χ4v) is 3.23. The number of hydrogen-bond acceptors (Lipinski definition) is 5. The third kappa shape index (κ3) is 4.04. The van der Waals surface area contributed by atoms with E-state index in [-0.39, 0.29) is 0 Å². The van der Waals surface area contributed by atoms with Gasteiger partial charge in [-0.2, -0.15) is 0 Å². The van der Waals surface area contributed by atoms with E-state index in [1.807, 2.05) is 19.1 Å². The third-order valence-electron chi connectivity index (χ3n) is 2.64. The van der Waals surface area contributed by atoms with Gasteiger partial charge in [0.1, 0.15) is 5.75 Å². The summed E-state index contributed by atoms with van der Waals surface area (Å²) in [5, 5.41) is 14.7. The van der Waals surface area contributed by atoms with Gasteiger partial charge < -0.3 is 10.1 Å². The summed E-state index contributed by atoms with van der Waals surface area (Å²) >= 11 is 7.00. The van der Waals surface area contributed by atoms with Crippen molar-refractivity contribution in [1.82, 2.24) is 20.2 Å². The van der Waals surface area contributed by atoms with Gasteiger partial charge in [-0.1, -0.05) is 27.1 Å². The summed E-state index contributed by atoms with van der Waals surface area (Å²) in [5.74, 6) is 1.41. The van der Waals surface area contributed by atoms with Crippen LogP contribution < -0.4 is 10.1 Å². The van der Waals surface area contributed by atoms with E-state index in [4.69, 9.17) is 4.74 Å². The van der Waals surface area contributed by atoms with Gasteiger partial charge in [-0.25, -0.2) is 4.68 Å². The number of benzene rings is 1. The zero-order chi connectivity index (χ0) is 15.2. The standard InChI is InChI=1S/C13H15Br2N5O/c1-3-5-20-13(17-18-19-20)16-8-9-6-10(14)7-11(15)12(9)21-4-2/h3,6-7H,1,4-5,8H2,2H3,(H,16,17,19). The van der Waals surface area contributed by atoms with Crippen LogP contribution in [0.3, 0.4) is 0 Å².